The molecule has 2 N–H and O–H groups in total. The van der Waals surface area contributed by atoms with Gasteiger partial charge in [0.1, 0.15) is 22.8 Å². The van der Waals surface area contributed by atoms with Gasteiger partial charge < -0.3 is 15.5 Å². The highest BCUT2D eigenvalue weighted by Gasteiger charge is 2.25. The minimum Gasteiger partial charge on any atom is -0.352 e. The number of thiazole rings is 1. The third-order valence-electron chi connectivity index (χ3n) is 4.04. The second-order valence-corrected chi connectivity index (χ2v) is 7.30. The summed E-state index contributed by atoms with van der Waals surface area (Å²) >= 11 is 3.08. The normalized spacial score (nSPS) is 15.2. The molecular weight excluding hydrogens is 344 g/mol. The van der Waals surface area contributed by atoms with Crippen LogP contribution in [0.4, 0.5) is 5.82 Å². The second kappa shape index (κ2) is 6.42. The Bertz CT molecular complexity index is 868. The number of anilines is 1. The third kappa shape index (κ3) is 2.74. The van der Waals surface area contributed by atoms with Gasteiger partial charge in [-0.05, 0) is 11.4 Å². The molecule has 0 bridgehead atoms. The van der Waals surface area contributed by atoms with Crippen molar-refractivity contribution in [2.24, 2.45) is 5.73 Å². The molecule has 1 aliphatic heterocycles. The average molecular weight is 360 g/mol. The maximum absolute atomic E-state index is 12.5. The van der Waals surface area contributed by atoms with Gasteiger partial charge in [0, 0.05) is 38.1 Å². The summed E-state index contributed by atoms with van der Waals surface area (Å²) in [4.78, 5) is 29.6. The number of fused-ring (bicyclic) bond motifs is 1. The van der Waals surface area contributed by atoms with Crippen LogP contribution in [0.5, 0.6) is 0 Å². The van der Waals surface area contributed by atoms with Gasteiger partial charge in [0.2, 0.25) is 0 Å². The first-order chi connectivity index (χ1) is 11.8. The van der Waals surface area contributed by atoms with E-state index in [1.807, 2.05) is 16.3 Å². The summed E-state index contributed by atoms with van der Waals surface area (Å²) in [5.74, 6) is 0.940. The molecule has 0 unspecified atom stereocenters. The number of carbonyl (C=O) groups is 1. The summed E-state index contributed by atoms with van der Waals surface area (Å²) in [7, 11) is 0. The van der Waals surface area contributed by atoms with Crippen LogP contribution >= 0.6 is 22.7 Å². The van der Waals surface area contributed by atoms with Gasteiger partial charge in [0.05, 0.1) is 10.2 Å². The summed E-state index contributed by atoms with van der Waals surface area (Å²) in [5, 5.41) is 4.61. The molecule has 24 heavy (non-hydrogen) atoms. The second-order valence-electron chi connectivity index (χ2n) is 5.44. The Kier molecular flexibility index (Phi) is 4.13. The summed E-state index contributed by atoms with van der Waals surface area (Å²) in [5.41, 5.74) is 7.04. The molecule has 1 amide bonds. The molecule has 0 saturated carbocycles. The zero-order chi connectivity index (χ0) is 16.5. The lowest BCUT2D eigenvalue weighted by molar-refractivity contribution is 0.0741. The molecule has 1 saturated heterocycles. The van der Waals surface area contributed by atoms with Crippen LogP contribution in [0.3, 0.4) is 0 Å². The van der Waals surface area contributed by atoms with Gasteiger partial charge in [-0.1, -0.05) is 0 Å². The minimum absolute atomic E-state index is 0.0189. The van der Waals surface area contributed by atoms with Crippen molar-refractivity contribution in [2.45, 2.75) is 6.54 Å². The fraction of sp³-hybridized carbons (Fsp3) is 0.333. The van der Waals surface area contributed by atoms with Crippen LogP contribution in [0.15, 0.2) is 23.2 Å². The molecule has 0 aromatic carbocycles. The molecule has 0 atom stereocenters. The zero-order valence-corrected chi connectivity index (χ0v) is 14.5. The monoisotopic (exact) mass is 360 g/mol. The van der Waals surface area contributed by atoms with Crippen LogP contribution in [0.25, 0.3) is 10.2 Å². The van der Waals surface area contributed by atoms with Crippen LogP contribution in [0, 0.1) is 0 Å². The first-order valence-corrected chi connectivity index (χ1v) is 9.39. The molecule has 1 aliphatic rings. The van der Waals surface area contributed by atoms with E-state index < -0.39 is 0 Å². The molecule has 9 heteroatoms. The van der Waals surface area contributed by atoms with Gasteiger partial charge in [-0.15, -0.1) is 22.7 Å². The highest BCUT2D eigenvalue weighted by Crippen LogP contribution is 2.28. The molecule has 3 aromatic heterocycles. The fourth-order valence-corrected chi connectivity index (χ4v) is 4.30. The number of thiophene rings is 1. The van der Waals surface area contributed by atoms with Gasteiger partial charge in [-0.3, -0.25) is 4.79 Å². The number of piperazine rings is 1. The standard InChI is InChI=1S/C15H16N6OS2/c16-7-12-19-11(8-24-12)15(22)21-4-2-20(3-5-21)14-13-10(1-6-23-13)17-9-18-14/h1,6,8-9H,2-5,7,16H2. The molecular formula is C15H16N6OS2. The Morgan fingerprint density at radius 3 is 2.79 bits per heavy atom. The minimum atomic E-state index is -0.0189. The van der Waals surface area contributed by atoms with Crippen LogP contribution in [0.2, 0.25) is 0 Å². The van der Waals surface area contributed by atoms with Crippen molar-refractivity contribution in [2.75, 3.05) is 31.1 Å². The SMILES string of the molecule is NCc1nc(C(=O)N2CCN(c3ncnc4ccsc34)CC2)cs1. The lowest BCUT2D eigenvalue weighted by atomic mass is 10.2. The quantitative estimate of drug-likeness (QED) is 0.763. The van der Waals surface area contributed by atoms with Crippen molar-refractivity contribution in [3.63, 3.8) is 0 Å². The average Bonchev–Trinajstić information content (AvgIpc) is 3.30. The lowest BCUT2D eigenvalue weighted by Gasteiger charge is -2.35. The summed E-state index contributed by atoms with van der Waals surface area (Å²) in [6.45, 7) is 3.19. The van der Waals surface area contributed by atoms with Gasteiger partial charge >= 0.3 is 0 Å². The Hall–Kier alpha value is -2.10. The van der Waals surface area contributed by atoms with Gasteiger partial charge in [-0.2, -0.15) is 0 Å². The summed E-state index contributed by atoms with van der Waals surface area (Å²) < 4.78 is 1.10. The van der Waals surface area contributed by atoms with E-state index in [0.29, 0.717) is 25.3 Å². The predicted molar refractivity (Wildman–Crippen MR) is 95.5 cm³/mol. The van der Waals surface area contributed by atoms with Crippen molar-refractivity contribution in [1.29, 1.82) is 0 Å². The number of hydrogen-bond acceptors (Lipinski definition) is 8. The number of nitrogens with zero attached hydrogens (tertiary/aromatic N) is 5. The van der Waals surface area contributed by atoms with E-state index in [0.717, 1.165) is 34.1 Å². The number of carbonyl (C=O) groups excluding carboxylic acids is 1. The van der Waals surface area contributed by atoms with Crippen LogP contribution < -0.4 is 10.6 Å². The van der Waals surface area contributed by atoms with E-state index in [1.54, 1.807) is 23.0 Å². The lowest BCUT2D eigenvalue weighted by Crippen LogP contribution is -2.49. The van der Waals surface area contributed by atoms with Crippen LogP contribution in [-0.2, 0) is 6.54 Å². The van der Waals surface area contributed by atoms with E-state index >= 15 is 0 Å². The Balaban J connectivity index is 1.47. The molecule has 1 fully saturated rings. The summed E-state index contributed by atoms with van der Waals surface area (Å²) in [6, 6.07) is 2.00. The van der Waals surface area contributed by atoms with Gasteiger partial charge in [0.15, 0.2) is 0 Å². The van der Waals surface area contributed by atoms with E-state index in [1.165, 1.54) is 11.3 Å². The number of hydrogen-bond donors (Lipinski definition) is 1. The Morgan fingerprint density at radius 1 is 1.21 bits per heavy atom. The maximum Gasteiger partial charge on any atom is 0.273 e. The zero-order valence-electron chi connectivity index (χ0n) is 12.9. The Morgan fingerprint density at radius 2 is 2.04 bits per heavy atom. The molecule has 4 heterocycles. The first kappa shape index (κ1) is 15.4. The van der Waals surface area contributed by atoms with Crippen molar-refractivity contribution in [3.05, 3.63) is 33.9 Å². The smallest absolute Gasteiger partial charge is 0.273 e. The molecule has 3 aromatic rings. The molecule has 0 radical (unpaired) electrons. The van der Waals surface area contributed by atoms with Gasteiger partial charge in [-0.25, -0.2) is 15.0 Å². The van der Waals surface area contributed by atoms with Crippen molar-refractivity contribution in [3.8, 4) is 0 Å². The highest BCUT2D eigenvalue weighted by molar-refractivity contribution is 7.17. The largest absolute Gasteiger partial charge is 0.352 e. The molecule has 124 valence electrons. The first-order valence-electron chi connectivity index (χ1n) is 7.63. The number of rotatable bonds is 3. The number of nitrogens with two attached hydrogens (primary N) is 1. The maximum atomic E-state index is 12.5. The summed E-state index contributed by atoms with van der Waals surface area (Å²) in [6.07, 6.45) is 1.60. The van der Waals surface area contributed by atoms with Crippen molar-refractivity contribution < 1.29 is 4.79 Å². The molecule has 0 spiro atoms. The van der Waals surface area contributed by atoms with Crippen LogP contribution in [0.1, 0.15) is 15.5 Å². The van der Waals surface area contributed by atoms with Crippen molar-refractivity contribution in [1.82, 2.24) is 19.9 Å². The predicted octanol–water partition coefficient (Wildman–Crippen LogP) is 1.57. The molecule has 4 rings (SSSR count). The topological polar surface area (TPSA) is 88.2 Å². The highest BCUT2D eigenvalue weighted by atomic mass is 32.1. The van der Waals surface area contributed by atoms with E-state index in [4.69, 9.17) is 5.73 Å². The molecule has 7 nitrogen and oxygen atoms in total. The van der Waals surface area contributed by atoms with E-state index in [-0.39, 0.29) is 5.91 Å². The number of amides is 1. The Labute approximate surface area is 146 Å². The van der Waals surface area contributed by atoms with Gasteiger partial charge in [0.25, 0.3) is 5.91 Å². The third-order valence-corrected chi connectivity index (χ3v) is 5.81. The molecule has 0 aliphatic carbocycles. The fourth-order valence-electron chi connectivity index (χ4n) is 2.79. The van der Waals surface area contributed by atoms with Crippen LogP contribution in [-0.4, -0.2) is 51.9 Å². The van der Waals surface area contributed by atoms with Crippen molar-refractivity contribution >= 4 is 44.6 Å². The van der Waals surface area contributed by atoms with E-state index in [9.17, 15) is 4.79 Å². The number of aromatic nitrogens is 3. The van der Waals surface area contributed by atoms with E-state index in [2.05, 4.69) is 19.9 Å².